The molecule has 16 heavy (non-hydrogen) atoms. The number of aryl methyl sites for hydroxylation is 1. The molecule has 1 aromatic rings. The molecule has 2 heterocycles. The van der Waals surface area contributed by atoms with Crippen molar-refractivity contribution in [3.63, 3.8) is 0 Å². The Kier molecular flexibility index (Phi) is 3.39. The summed E-state index contributed by atoms with van der Waals surface area (Å²) in [6.07, 6.45) is 4.20. The summed E-state index contributed by atoms with van der Waals surface area (Å²) < 4.78 is 0. The van der Waals surface area contributed by atoms with E-state index in [-0.39, 0.29) is 6.61 Å². The predicted octanol–water partition coefficient (Wildman–Crippen LogP) is 1.51. The number of rotatable bonds is 3. The summed E-state index contributed by atoms with van der Waals surface area (Å²) in [5.41, 5.74) is 1.70. The lowest BCUT2D eigenvalue weighted by Gasteiger charge is -2.16. The molecule has 1 unspecified atom stereocenters. The summed E-state index contributed by atoms with van der Waals surface area (Å²) in [4.78, 5) is 11.0. The molecule has 0 saturated carbocycles. The second kappa shape index (κ2) is 4.78. The van der Waals surface area contributed by atoms with Gasteiger partial charge in [-0.25, -0.2) is 9.97 Å². The molecule has 1 saturated heterocycles. The van der Waals surface area contributed by atoms with Gasteiger partial charge in [-0.1, -0.05) is 13.3 Å². The smallest absolute Gasteiger partial charge is 0.225 e. The van der Waals surface area contributed by atoms with E-state index in [0.29, 0.717) is 0 Å². The van der Waals surface area contributed by atoms with Gasteiger partial charge in [0, 0.05) is 30.5 Å². The Balaban J connectivity index is 2.13. The summed E-state index contributed by atoms with van der Waals surface area (Å²) in [6, 6.07) is 0. The Morgan fingerprint density at radius 3 is 2.94 bits per heavy atom. The maximum Gasteiger partial charge on any atom is 0.225 e. The van der Waals surface area contributed by atoms with Gasteiger partial charge in [0.25, 0.3) is 0 Å². The summed E-state index contributed by atoms with van der Waals surface area (Å²) in [5.74, 6) is 1.59. The van der Waals surface area contributed by atoms with Crippen molar-refractivity contribution in [2.24, 2.45) is 5.92 Å². The van der Waals surface area contributed by atoms with E-state index in [0.717, 1.165) is 36.2 Å². The summed E-state index contributed by atoms with van der Waals surface area (Å²) in [6.45, 7) is 6.29. The van der Waals surface area contributed by atoms with Crippen LogP contribution in [0.4, 0.5) is 5.95 Å². The molecule has 1 fully saturated rings. The standard InChI is InChI=1S/C12H19N3O/c1-3-10-4-5-15(7-10)12-13-6-11(8-16)9(2)14-12/h6,10,16H,3-5,7-8H2,1-2H3. The van der Waals surface area contributed by atoms with Crippen LogP contribution in [0, 0.1) is 12.8 Å². The van der Waals surface area contributed by atoms with Crippen molar-refractivity contribution < 1.29 is 5.11 Å². The molecule has 1 aliphatic heterocycles. The van der Waals surface area contributed by atoms with Crippen LogP contribution in [0.3, 0.4) is 0 Å². The minimum absolute atomic E-state index is 0.0176. The van der Waals surface area contributed by atoms with E-state index < -0.39 is 0 Å². The third kappa shape index (κ3) is 2.16. The van der Waals surface area contributed by atoms with Crippen LogP contribution in [0.15, 0.2) is 6.20 Å². The van der Waals surface area contributed by atoms with Gasteiger partial charge in [-0.2, -0.15) is 0 Å². The van der Waals surface area contributed by atoms with Gasteiger partial charge >= 0.3 is 0 Å². The van der Waals surface area contributed by atoms with Crippen LogP contribution < -0.4 is 4.90 Å². The molecule has 88 valence electrons. The molecule has 1 aliphatic rings. The van der Waals surface area contributed by atoms with E-state index in [9.17, 15) is 0 Å². The van der Waals surface area contributed by atoms with E-state index in [1.807, 2.05) is 6.92 Å². The van der Waals surface area contributed by atoms with E-state index in [1.54, 1.807) is 6.20 Å². The first-order valence-electron chi connectivity index (χ1n) is 5.93. The fourth-order valence-corrected chi connectivity index (χ4v) is 2.13. The van der Waals surface area contributed by atoms with E-state index in [2.05, 4.69) is 21.8 Å². The minimum atomic E-state index is 0.0176. The average Bonchev–Trinajstić information content (AvgIpc) is 2.77. The van der Waals surface area contributed by atoms with Crippen molar-refractivity contribution in [2.45, 2.75) is 33.3 Å². The zero-order valence-electron chi connectivity index (χ0n) is 9.98. The van der Waals surface area contributed by atoms with E-state index >= 15 is 0 Å². The third-order valence-electron chi connectivity index (χ3n) is 3.38. The molecule has 2 rings (SSSR count). The second-order valence-electron chi connectivity index (χ2n) is 4.45. The van der Waals surface area contributed by atoms with Crippen LogP contribution in [0.1, 0.15) is 31.0 Å². The van der Waals surface area contributed by atoms with Crippen LogP contribution in [-0.2, 0) is 6.61 Å². The lowest BCUT2D eigenvalue weighted by molar-refractivity contribution is 0.280. The van der Waals surface area contributed by atoms with Gasteiger partial charge in [-0.3, -0.25) is 0 Å². The topological polar surface area (TPSA) is 49.2 Å². The molecule has 0 radical (unpaired) electrons. The molecule has 0 bridgehead atoms. The zero-order valence-corrected chi connectivity index (χ0v) is 9.98. The molecule has 1 atom stereocenters. The molecule has 4 nitrogen and oxygen atoms in total. The van der Waals surface area contributed by atoms with Crippen LogP contribution in [-0.4, -0.2) is 28.2 Å². The number of hydrogen-bond donors (Lipinski definition) is 1. The van der Waals surface area contributed by atoms with Crippen LogP contribution in [0.5, 0.6) is 0 Å². The first kappa shape index (κ1) is 11.3. The molecule has 0 amide bonds. The van der Waals surface area contributed by atoms with Crippen molar-refractivity contribution in [2.75, 3.05) is 18.0 Å². The maximum atomic E-state index is 9.06. The second-order valence-corrected chi connectivity index (χ2v) is 4.45. The lowest BCUT2D eigenvalue weighted by atomic mass is 10.1. The highest BCUT2D eigenvalue weighted by Crippen LogP contribution is 2.23. The van der Waals surface area contributed by atoms with E-state index in [4.69, 9.17) is 5.11 Å². The minimum Gasteiger partial charge on any atom is -0.392 e. The van der Waals surface area contributed by atoms with Crippen LogP contribution >= 0.6 is 0 Å². The van der Waals surface area contributed by atoms with Crippen molar-refractivity contribution in [1.82, 2.24) is 9.97 Å². The van der Waals surface area contributed by atoms with Gasteiger partial charge in [-0.05, 0) is 19.3 Å². The van der Waals surface area contributed by atoms with Crippen LogP contribution in [0.2, 0.25) is 0 Å². The highest BCUT2D eigenvalue weighted by Gasteiger charge is 2.23. The van der Waals surface area contributed by atoms with Gasteiger partial charge in [0.2, 0.25) is 5.95 Å². The van der Waals surface area contributed by atoms with Crippen molar-refractivity contribution in [1.29, 1.82) is 0 Å². The number of aromatic nitrogens is 2. The molecule has 0 aliphatic carbocycles. The van der Waals surface area contributed by atoms with E-state index in [1.165, 1.54) is 12.8 Å². The molecular formula is C12H19N3O. The Labute approximate surface area is 96.3 Å². The average molecular weight is 221 g/mol. The number of aliphatic hydroxyl groups is 1. The largest absolute Gasteiger partial charge is 0.392 e. The number of hydrogen-bond acceptors (Lipinski definition) is 4. The Hall–Kier alpha value is -1.16. The molecule has 0 spiro atoms. The molecule has 1 aromatic heterocycles. The highest BCUT2D eigenvalue weighted by molar-refractivity contribution is 5.34. The normalized spacial score (nSPS) is 20.4. The first-order valence-corrected chi connectivity index (χ1v) is 5.93. The molecule has 1 N–H and O–H groups in total. The monoisotopic (exact) mass is 221 g/mol. The first-order chi connectivity index (χ1) is 7.74. The number of nitrogens with zero attached hydrogens (tertiary/aromatic N) is 3. The fraction of sp³-hybridized carbons (Fsp3) is 0.667. The third-order valence-corrected chi connectivity index (χ3v) is 3.38. The van der Waals surface area contributed by atoms with Gasteiger partial charge in [0.15, 0.2) is 0 Å². The van der Waals surface area contributed by atoms with Gasteiger partial charge < -0.3 is 10.0 Å². The lowest BCUT2D eigenvalue weighted by Crippen LogP contribution is -2.22. The fourth-order valence-electron chi connectivity index (χ4n) is 2.13. The Morgan fingerprint density at radius 1 is 1.56 bits per heavy atom. The molecule has 0 aromatic carbocycles. The van der Waals surface area contributed by atoms with Crippen molar-refractivity contribution >= 4 is 5.95 Å². The Morgan fingerprint density at radius 2 is 2.38 bits per heavy atom. The molecular weight excluding hydrogens is 202 g/mol. The van der Waals surface area contributed by atoms with Crippen molar-refractivity contribution in [3.05, 3.63) is 17.5 Å². The number of aliphatic hydroxyl groups excluding tert-OH is 1. The van der Waals surface area contributed by atoms with Gasteiger partial charge in [-0.15, -0.1) is 0 Å². The maximum absolute atomic E-state index is 9.06. The quantitative estimate of drug-likeness (QED) is 0.840. The summed E-state index contributed by atoms with van der Waals surface area (Å²) in [5, 5.41) is 9.06. The highest BCUT2D eigenvalue weighted by atomic mass is 16.3. The zero-order chi connectivity index (χ0) is 11.5. The Bertz CT molecular complexity index is 367. The summed E-state index contributed by atoms with van der Waals surface area (Å²) >= 11 is 0. The number of anilines is 1. The SMILES string of the molecule is CCC1CCN(c2ncc(CO)c(C)n2)C1. The van der Waals surface area contributed by atoms with Crippen LogP contribution in [0.25, 0.3) is 0 Å². The van der Waals surface area contributed by atoms with Crippen molar-refractivity contribution in [3.8, 4) is 0 Å². The summed E-state index contributed by atoms with van der Waals surface area (Å²) in [7, 11) is 0. The predicted molar refractivity (Wildman–Crippen MR) is 63.3 cm³/mol. The van der Waals surface area contributed by atoms with Gasteiger partial charge in [0.05, 0.1) is 6.61 Å². The van der Waals surface area contributed by atoms with Gasteiger partial charge in [0.1, 0.15) is 0 Å². The molecule has 4 heteroatoms.